The maximum atomic E-state index is 14.7. The van der Waals surface area contributed by atoms with Crippen molar-refractivity contribution in [1.29, 1.82) is 0 Å². The van der Waals surface area contributed by atoms with Crippen LogP contribution < -0.4 is 9.47 Å². The third-order valence-corrected chi connectivity index (χ3v) is 9.86. The molecule has 0 aliphatic heterocycles. The fraction of sp³-hybridized carbons (Fsp3) is 0.481. The van der Waals surface area contributed by atoms with Crippen LogP contribution in [0.25, 0.3) is 0 Å². The Morgan fingerprint density at radius 2 is 0.592 bits per heavy atom. The van der Waals surface area contributed by atoms with Crippen molar-refractivity contribution in [2.45, 2.75) is 65.3 Å². The number of oxime groups is 2. The van der Waals surface area contributed by atoms with E-state index in [0.717, 1.165) is 10.3 Å². The summed E-state index contributed by atoms with van der Waals surface area (Å²) in [6.45, 7) is -3.47. The first-order chi connectivity index (χ1) is 31.2. The van der Waals surface area contributed by atoms with Crippen molar-refractivity contribution in [3.05, 3.63) is 57.7 Å². The monoisotopic (exact) mass is 1160 g/mol. The molecule has 0 saturated carbocycles. The minimum atomic E-state index is -8.44. The van der Waals surface area contributed by atoms with Crippen molar-refractivity contribution in [2.24, 2.45) is 10.3 Å². The van der Waals surface area contributed by atoms with Crippen LogP contribution in [0.5, 0.6) is 11.5 Å². The first-order valence-electron chi connectivity index (χ1n) is 15.8. The third-order valence-electron chi connectivity index (χ3n) is 7.55. The normalized spacial score (nSPS) is 15.0. The summed E-state index contributed by atoms with van der Waals surface area (Å²) < 4.78 is 492. The second kappa shape index (κ2) is 18.9. The van der Waals surface area contributed by atoms with Gasteiger partial charge in [0.05, 0.1) is 24.3 Å². The van der Waals surface area contributed by atoms with Crippen molar-refractivity contribution >= 4 is 31.7 Å². The van der Waals surface area contributed by atoms with Gasteiger partial charge in [-0.25, -0.2) is 17.6 Å². The van der Waals surface area contributed by atoms with E-state index in [-0.39, 0.29) is 0 Å². The van der Waals surface area contributed by atoms with E-state index in [1.54, 1.807) is 0 Å². The second-order valence-corrected chi connectivity index (χ2v) is 15.4. The Bertz CT molecular complexity index is 2420. The first kappa shape index (κ1) is 61.8. The Morgan fingerprint density at radius 3 is 0.789 bits per heavy atom. The Morgan fingerprint density at radius 1 is 0.366 bits per heavy atom. The largest absolute Gasteiger partial charge is 0.487 e. The summed E-state index contributed by atoms with van der Waals surface area (Å²) in [7, 11) is -16.9. The molecule has 44 heteroatoms. The van der Waals surface area contributed by atoms with Crippen molar-refractivity contribution < 1.29 is 175 Å². The fourth-order valence-electron chi connectivity index (χ4n) is 4.08. The van der Waals surface area contributed by atoms with Crippen LogP contribution in [0, 0.1) is 46.5 Å². The maximum Gasteiger partial charge on any atom is 0.460 e. The predicted molar refractivity (Wildman–Crippen MR) is 155 cm³/mol. The van der Waals surface area contributed by atoms with E-state index in [9.17, 15) is 157 Å². The van der Waals surface area contributed by atoms with E-state index in [0.29, 0.717) is 0 Å². The quantitative estimate of drug-likeness (QED) is 0.0474. The molecule has 10 nitrogen and oxygen atoms in total. The lowest BCUT2D eigenvalue weighted by atomic mass is 10.1. The summed E-state index contributed by atoms with van der Waals surface area (Å²) in [5.74, 6) is -65.3. The SMILES string of the molecule is O=S(=O)(O/N=C(/c1c(F)c(F)c(OCCCOc2c(F)c(F)c(/C(=N/OS(=O)(=O)C(F)(F)C(F)(F)C(F)(F)C(F)(F)F)C(F)(F)F)c(F)c2F)c(F)c1F)C(F)(F)F)C(F)(F)C(F)(F)C(F)(F)C(F)(F)F. The van der Waals surface area contributed by atoms with Crippen LogP contribution in [-0.4, -0.2) is 100 Å². The molecule has 0 radical (unpaired) electrons. The zero-order valence-corrected chi connectivity index (χ0v) is 32.8. The van der Waals surface area contributed by atoms with Gasteiger partial charge in [0.15, 0.2) is 46.2 Å². The second-order valence-electron chi connectivity index (χ2n) is 12.2. The highest BCUT2D eigenvalue weighted by atomic mass is 32.2. The molecule has 0 saturated heterocycles. The first-order valence-corrected chi connectivity index (χ1v) is 18.6. The Hall–Kier alpha value is -5.36. The third kappa shape index (κ3) is 10.6. The van der Waals surface area contributed by atoms with Gasteiger partial charge in [-0.2, -0.15) is 140 Å². The highest BCUT2D eigenvalue weighted by molar-refractivity contribution is 7.88. The van der Waals surface area contributed by atoms with Crippen LogP contribution in [-0.2, 0) is 28.8 Å². The Labute approximate surface area is 365 Å². The number of hydrogen-bond acceptors (Lipinski definition) is 10. The van der Waals surface area contributed by atoms with E-state index in [4.69, 9.17) is 0 Å². The molecule has 408 valence electrons. The van der Waals surface area contributed by atoms with E-state index >= 15 is 0 Å². The Balaban J connectivity index is 2.50. The van der Waals surface area contributed by atoms with E-state index in [2.05, 4.69) is 18.0 Å². The average molecular weight is 1160 g/mol. The molecule has 0 spiro atoms. The number of benzene rings is 2. The van der Waals surface area contributed by atoms with Crippen LogP contribution in [0.1, 0.15) is 17.5 Å². The van der Waals surface area contributed by atoms with Gasteiger partial charge in [-0.15, -0.1) is 0 Å². The molecular weight excluding hydrogens is 1150 g/mol. The van der Waals surface area contributed by atoms with Gasteiger partial charge in [0.25, 0.3) is 0 Å². The molecular formula is C27H6F32N2O8S2. The topological polar surface area (TPSA) is 130 Å². The summed E-state index contributed by atoms with van der Waals surface area (Å²) in [5.41, 5.74) is -14.9. The lowest BCUT2D eigenvalue weighted by Crippen LogP contribution is -2.63. The van der Waals surface area contributed by atoms with Crippen LogP contribution in [0.2, 0.25) is 0 Å². The van der Waals surface area contributed by atoms with Crippen LogP contribution >= 0.6 is 0 Å². The highest BCUT2D eigenvalue weighted by Gasteiger charge is 2.87. The summed E-state index contributed by atoms with van der Waals surface area (Å²) in [5, 5.41) is -14.0. The molecule has 0 bridgehead atoms. The van der Waals surface area contributed by atoms with E-state index in [1.165, 1.54) is 0 Å². The number of alkyl halides is 24. The molecule has 71 heavy (non-hydrogen) atoms. The van der Waals surface area contributed by atoms with Gasteiger partial charge in [0.1, 0.15) is 0 Å². The van der Waals surface area contributed by atoms with Crippen molar-refractivity contribution in [3.8, 4) is 11.5 Å². The minimum Gasteiger partial charge on any atom is -0.487 e. The van der Waals surface area contributed by atoms with Gasteiger partial charge in [-0.05, 0) is 0 Å². The molecule has 0 aromatic heterocycles. The van der Waals surface area contributed by atoms with Gasteiger partial charge in [0, 0.05) is 6.42 Å². The number of hydrogen-bond donors (Lipinski definition) is 0. The summed E-state index contributed by atoms with van der Waals surface area (Å²) in [4.78, 5) is 0. The lowest BCUT2D eigenvalue weighted by molar-refractivity contribution is -0.383. The standard InChI is InChI=1S/C27H6F32N2O8S2/c28-6-4(16(18(36,37)38)60-68-70(62,63)26(56,57)22(46,47)20(42,43)24(50,51)52)7(29)11(33)14(10(6)32)66-2-1-3-67-15-12(34)8(30)5(9(31)13(15)35)17(19(39,40)41)61-69-71(64,65)27(58,59)23(48,49)21(44,45)25(53,54)55/h1-3H2/b60-16-,61-17-. The van der Waals surface area contributed by atoms with Crippen molar-refractivity contribution in [3.63, 3.8) is 0 Å². The smallest absolute Gasteiger partial charge is 0.460 e. The van der Waals surface area contributed by atoms with Gasteiger partial charge in [0.2, 0.25) is 23.3 Å². The predicted octanol–water partition coefficient (Wildman–Crippen LogP) is 10.7. The van der Waals surface area contributed by atoms with Crippen LogP contribution in [0.4, 0.5) is 140 Å². The molecule has 0 unspecified atom stereocenters. The number of ether oxygens (including phenoxy) is 2. The zero-order chi connectivity index (χ0) is 56.4. The molecule has 2 aromatic carbocycles. The summed E-state index contributed by atoms with van der Waals surface area (Å²) in [6, 6.07) is 0. The molecule has 0 amide bonds. The molecule has 0 aliphatic carbocycles. The van der Waals surface area contributed by atoms with E-state index in [1.807, 2.05) is 0 Å². The molecule has 0 aliphatic rings. The van der Waals surface area contributed by atoms with Crippen LogP contribution in [0.3, 0.4) is 0 Å². The Kier molecular flexibility index (Phi) is 16.5. The maximum absolute atomic E-state index is 14.7. The van der Waals surface area contributed by atoms with E-state index < -0.39 is 179 Å². The fourth-order valence-corrected chi connectivity index (χ4v) is 5.50. The van der Waals surface area contributed by atoms with Gasteiger partial charge in [-0.3, -0.25) is 8.57 Å². The minimum absolute atomic E-state index is 0.993. The lowest BCUT2D eigenvalue weighted by Gasteiger charge is -2.31. The molecule has 0 atom stereocenters. The van der Waals surface area contributed by atoms with Gasteiger partial charge in [-0.1, -0.05) is 10.3 Å². The molecule has 2 rings (SSSR count). The molecule has 0 N–H and O–H groups in total. The highest BCUT2D eigenvalue weighted by Crippen LogP contribution is 2.56. The molecule has 0 heterocycles. The zero-order valence-electron chi connectivity index (χ0n) is 31.2. The number of nitrogens with zero attached hydrogens (tertiary/aromatic N) is 2. The van der Waals surface area contributed by atoms with Crippen LogP contribution in [0.15, 0.2) is 10.3 Å². The molecule has 0 fully saturated rings. The number of halogens is 32. The van der Waals surface area contributed by atoms with Crippen molar-refractivity contribution in [2.75, 3.05) is 13.2 Å². The van der Waals surface area contributed by atoms with Crippen molar-refractivity contribution in [1.82, 2.24) is 0 Å². The summed E-state index contributed by atoms with van der Waals surface area (Å²) >= 11 is 0. The average Bonchev–Trinajstić information content (AvgIpc) is 3.18. The van der Waals surface area contributed by atoms with Gasteiger partial charge >= 0.3 is 79.1 Å². The van der Waals surface area contributed by atoms with Gasteiger partial charge < -0.3 is 9.47 Å². The molecule has 2 aromatic rings. The number of rotatable bonds is 18. The summed E-state index contributed by atoms with van der Waals surface area (Å²) in [6.07, 6.45) is -30.8.